The van der Waals surface area contributed by atoms with Crippen LogP contribution in [0.4, 0.5) is 17.6 Å². The van der Waals surface area contributed by atoms with Gasteiger partial charge in [0.1, 0.15) is 0 Å². The molecule has 0 amide bonds. The first-order valence-electron chi connectivity index (χ1n) is 14.0. The predicted molar refractivity (Wildman–Crippen MR) is 137 cm³/mol. The molecular weight excluding hydrogens is 480 g/mol. The van der Waals surface area contributed by atoms with Gasteiger partial charge in [0.2, 0.25) is 5.82 Å². The highest BCUT2D eigenvalue weighted by atomic mass is 19.2. The second-order valence-electron chi connectivity index (χ2n) is 10.9. The standard InChI is InChI=1S/C31H38F4O2/c1-3-5-6-22-15-18-26(30(35)27(22)32)37-31(36)23-13-11-21(12-14-23)25-17-16-24(28(33)29(25)34)20-9-7-19(4-2)8-10-20/h15-21,23H,3-14H2,1-2H3. The van der Waals surface area contributed by atoms with Gasteiger partial charge in [0.05, 0.1) is 5.92 Å². The lowest BCUT2D eigenvalue weighted by Crippen LogP contribution is -2.26. The van der Waals surface area contributed by atoms with Crippen LogP contribution in [0.3, 0.4) is 0 Å². The fraction of sp³-hybridized carbons (Fsp3) is 0.581. The lowest BCUT2D eigenvalue weighted by molar-refractivity contribution is -0.140. The zero-order valence-electron chi connectivity index (χ0n) is 21.9. The van der Waals surface area contributed by atoms with Gasteiger partial charge in [-0.25, -0.2) is 13.2 Å². The highest BCUT2D eigenvalue weighted by molar-refractivity contribution is 5.75. The Balaban J connectivity index is 1.35. The van der Waals surface area contributed by atoms with Gasteiger partial charge in [-0.05, 0) is 105 Å². The molecule has 0 bridgehead atoms. The minimum Gasteiger partial charge on any atom is -0.423 e. The molecule has 2 saturated carbocycles. The fourth-order valence-corrected chi connectivity index (χ4v) is 6.13. The van der Waals surface area contributed by atoms with Gasteiger partial charge in [-0.2, -0.15) is 4.39 Å². The van der Waals surface area contributed by atoms with E-state index in [1.165, 1.54) is 12.1 Å². The number of carbonyl (C=O) groups is 1. The summed E-state index contributed by atoms with van der Waals surface area (Å²) in [4.78, 5) is 12.7. The van der Waals surface area contributed by atoms with E-state index < -0.39 is 40.9 Å². The maximum absolute atomic E-state index is 15.1. The van der Waals surface area contributed by atoms with Gasteiger partial charge in [-0.15, -0.1) is 0 Å². The number of carbonyl (C=O) groups excluding carboxylic acids is 1. The SMILES string of the molecule is CCCCc1ccc(OC(=O)C2CCC(c3ccc(C4CCC(CC)CC4)c(F)c3F)CC2)c(F)c1F. The lowest BCUT2D eigenvalue weighted by Gasteiger charge is -2.30. The second-order valence-corrected chi connectivity index (χ2v) is 10.9. The number of esters is 1. The predicted octanol–water partition coefficient (Wildman–Crippen LogP) is 9.15. The zero-order chi connectivity index (χ0) is 26.5. The summed E-state index contributed by atoms with van der Waals surface area (Å²) in [5.41, 5.74) is 1.13. The van der Waals surface area contributed by atoms with E-state index in [1.54, 1.807) is 12.1 Å². The first kappa shape index (κ1) is 27.7. The largest absolute Gasteiger partial charge is 0.423 e. The molecule has 6 heteroatoms. The van der Waals surface area contributed by atoms with Gasteiger partial charge in [-0.3, -0.25) is 4.79 Å². The number of unbranched alkanes of at least 4 members (excludes halogenated alkanes) is 1. The number of rotatable bonds is 8. The van der Waals surface area contributed by atoms with Crippen molar-refractivity contribution in [2.45, 2.75) is 103 Å². The van der Waals surface area contributed by atoms with Crippen molar-refractivity contribution < 1.29 is 27.1 Å². The normalized spacial score (nSPS) is 24.2. The van der Waals surface area contributed by atoms with Crippen LogP contribution in [-0.4, -0.2) is 5.97 Å². The average Bonchev–Trinajstić information content (AvgIpc) is 2.92. The van der Waals surface area contributed by atoms with E-state index in [1.807, 2.05) is 6.92 Å². The maximum Gasteiger partial charge on any atom is 0.314 e. The summed E-state index contributed by atoms with van der Waals surface area (Å²) in [7, 11) is 0. The van der Waals surface area contributed by atoms with Gasteiger partial charge in [0.25, 0.3) is 0 Å². The van der Waals surface area contributed by atoms with Crippen molar-refractivity contribution in [2.75, 3.05) is 0 Å². The van der Waals surface area contributed by atoms with Crippen molar-refractivity contribution in [1.82, 2.24) is 0 Å². The van der Waals surface area contributed by atoms with Crippen molar-refractivity contribution >= 4 is 5.97 Å². The quantitative estimate of drug-likeness (QED) is 0.198. The number of halogens is 4. The summed E-state index contributed by atoms with van der Waals surface area (Å²) in [6, 6.07) is 6.25. The van der Waals surface area contributed by atoms with E-state index >= 15 is 8.78 Å². The molecule has 0 heterocycles. The summed E-state index contributed by atoms with van der Waals surface area (Å²) in [6.07, 6.45) is 8.93. The Hall–Kier alpha value is -2.37. The Morgan fingerprint density at radius 1 is 0.757 bits per heavy atom. The van der Waals surface area contributed by atoms with E-state index in [9.17, 15) is 13.6 Å². The average molecular weight is 519 g/mol. The Morgan fingerprint density at radius 2 is 1.32 bits per heavy atom. The molecule has 4 rings (SSSR count). The van der Waals surface area contributed by atoms with Gasteiger partial charge in [0.15, 0.2) is 23.2 Å². The second kappa shape index (κ2) is 12.4. The van der Waals surface area contributed by atoms with Gasteiger partial charge in [-0.1, -0.05) is 44.9 Å². The van der Waals surface area contributed by atoms with E-state index in [4.69, 9.17) is 4.74 Å². The van der Waals surface area contributed by atoms with Crippen LogP contribution in [-0.2, 0) is 11.2 Å². The molecule has 0 aromatic heterocycles. The minimum atomic E-state index is -1.14. The van der Waals surface area contributed by atoms with Crippen LogP contribution in [0.5, 0.6) is 5.75 Å². The summed E-state index contributed by atoms with van der Waals surface area (Å²) in [6.45, 7) is 4.15. The topological polar surface area (TPSA) is 26.3 Å². The molecule has 0 radical (unpaired) electrons. The van der Waals surface area contributed by atoms with Crippen LogP contribution >= 0.6 is 0 Å². The van der Waals surface area contributed by atoms with Crippen LogP contribution in [0.2, 0.25) is 0 Å². The fourth-order valence-electron chi connectivity index (χ4n) is 6.13. The molecule has 2 nitrogen and oxygen atoms in total. The third kappa shape index (κ3) is 6.21. The van der Waals surface area contributed by atoms with E-state index in [2.05, 4.69) is 6.92 Å². The molecule has 202 valence electrons. The Kier molecular flexibility index (Phi) is 9.31. The Morgan fingerprint density at radius 3 is 1.86 bits per heavy atom. The van der Waals surface area contributed by atoms with E-state index in [0.717, 1.165) is 44.9 Å². The maximum atomic E-state index is 15.1. The monoisotopic (exact) mass is 518 g/mol. The zero-order valence-corrected chi connectivity index (χ0v) is 21.9. The van der Waals surface area contributed by atoms with Gasteiger partial charge < -0.3 is 4.74 Å². The number of ether oxygens (including phenoxy) is 1. The number of aryl methyl sites for hydroxylation is 1. The van der Waals surface area contributed by atoms with Crippen molar-refractivity contribution in [3.8, 4) is 5.75 Å². The molecule has 0 saturated heterocycles. The first-order valence-corrected chi connectivity index (χ1v) is 14.0. The summed E-state index contributed by atoms with van der Waals surface area (Å²) >= 11 is 0. The number of benzene rings is 2. The van der Waals surface area contributed by atoms with Crippen LogP contribution in [0.1, 0.15) is 113 Å². The lowest BCUT2D eigenvalue weighted by atomic mass is 9.76. The van der Waals surface area contributed by atoms with Crippen molar-refractivity contribution in [3.05, 3.63) is 64.2 Å². The molecular formula is C31H38F4O2. The molecule has 0 spiro atoms. The molecule has 0 aliphatic heterocycles. The molecule has 37 heavy (non-hydrogen) atoms. The molecule has 0 atom stereocenters. The van der Waals surface area contributed by atoms with Crippen molar-refractivity contribution in [1.29, 1.82) is 0 Å². The molecule has 2 aliphatic rings. The molecule has 0 N–H and O–H groups in total. The smallest absolute Gasteiger partial charge is 0.314 e. The van der Waals surface area contributed by atoms with Crippen molar-refractivity contribution in [2.24, 2.45) is 11.8 Å². The van der Waals surface area contributed by atoms with Crippen molar-refractivity contribution in [3.63, 3.8) is 0 Å². The van der Waals surface area contributed by atoms with Crippen LogP contribution < -0.4 is 4.74 Å². The first-order chi connectivity index (χ1) is 17.8. The third-order valence-electron chi connectivity index (χ3n) is 8.64. The highest BCUT2D eigenvalue weighted by Gasteiger charge is 2.32. The Labute approximate surface area is 217 Å². The summed E-state index contributed by atoms with van der Waals surface area (Å²) in [5, 5.41) is 0. The molecule has 2 fully saturated rings. The van der Waals surface area contributed by atoms with Gasteiger partial charge >= 0.3 is 5.97 Å². The van der Waals surface area contributed by atoms with E-state index in [0.29, 0.717) is 49.1 Å². The molecule has 2 aliphatic carbocycles. The van der Waals surface area contributed by atoms with Crippen LogP contribution in [0, 0.1) is 35.1 Å². The Bertz CT molecular complexity index is 1080. The highest BCUT2D eigenvalue weighted by Crippen LogP contribution is 2.42. The summed E-state index contributed by atoms with van der Waals surface area (Å²) < 4.78 is 64.2. The molecule has 2 aromatic rings. The number of hydrogen-bond acceptors (Lipinski definition) is 2. The van der Waals surface area contributed by atoms with Crippen LogP contribution in [0.15, 0.2) is 24.3 Å². The molecule has 2 aromatic carbocycles. The third-order valence-corrected chi connectivity index (χ3v) is 8.64. The molecule has 0 unspecified atom stereocenters. The van der Waals surface area contributed by atoms with Gasteiger partial charge in [0, 0.05) is 0 Å². The van der Waals surface area contributed by atoms with E-state index in [-0.39, 0.29) is 17.4 Å². The minimum absolute atomic E-state index is 0.0720. The summed E-state index contributed by atoms with van der Waals surface area (Å²) in [5.74, 6) is -4.52. The number of hydrogen-bond donors (Lipinski definition) is 0. The van der Waals surface area contributed by atoms with Crippen LogP contribution in [0.25, 0.3) is 0 Å².